The number of hydrogen-bond donors (Lipinski definition) is 4. The van der Waals surface area contributed by atoms with Crippen LogP contribution in [0.3, 0.4) is 0 Å². The van der Waals surface area contributed by atoms with Crippen LogP contribution >= 0.6 is 0 Å². The molecule has 1 aliphatic heterocycles. The minimum absolute atomic E-state index is 0.0463. The molecular weight excluding hydrogens is 723 g/mol. The summed E-state index contributed by atoms with van der Waals surface area (Å²) >= 11 is 0. The van der Waals surface area contributed by atoms with Gasteiger partial charge in [0.1, 0.15) is 11.8 Å². The fraction of sp³-hybridized carbons (Fsp3) is 0.475. The summed E-state index contributed by atoms with van der Waals surface area (Å²) in [5.41, 5.74) is 3.01. The lowest BCUT2D eigenvalue weighted by Gasteiger charge is -2.35. The average Bonchev–Trinajstić information content (AvgIpc) is 3.84. The maximum absolute atomic E-state index is 14.4. The molecule has 0 spiro atoms. The molecule has 2 aromatic carbocycles. The number of aliphatic hydroxyl groups excluding tert-OH is 1. The number of sulfonamides is 1. The molecule has 14 nitrogen and oxygen atoms in total. The largest absolute Gasteiger partial charge is 0.411 e. The minimum Gasteiger partial charge on any atom is -0.411 e. The number of oxime groups is 2. The predicted octanol–water partition coefficient (Wildman–Crippen LogP) is 4.71. The Morgan fingerprint density at radius 1 is 1.05 bits per heavy atom. The summed E-state index contributed by atoms with van der Waals surface area (Å²) in [7, 11) is -4.07. The summed E-state index contributed by atoms with van der Waals surface area (Å²) in [5.74, 6) is -0.515. The molecule has 0 unspecified atom stereocenters. The third-order valence-corrected chi connectivity index (χ3v) is 12.6. The van der Waals surface area contributed by atoms with E-state index in [2.05, 4.69) is 20.6 Å². The summed E-state index contributed by atoms with van der Waals surface area (Å²) in [6, 6.07) is 16.9. The molecule has 2 fully saturated rings. The normalized spacial score (nSPS) is 17.9. The van der Waals surface area contributed by atoms with Crippen molar-refractivity contribution in [3.8, 4) is 0 Å². The highest BCUT2D eigenvalue weighted by Crippen LogP contribution is 2.29. The maximum atomic E-state index is 14.4. The second-order valence-corrected chi connectivity index (χ2v) is 16.6. The van der Waals surface area contributed by atoms with Crippen LogP contribution in [0.5, 0.6) is 0 Å². The molecule has 4 N–H and O–H groups in total. The van der Waals surface area contributed by atoms with Crippen molar-refractivity contribution in [3.63, 3.8) is 0 Å². The monoisotopic (exact) mass is 775 g/mol. The molecule has 1 aliphatic carbocycles. The number of pyridine rings is 1. The summed E-state index contributed by atoms with van der Waals surface area (Å²) in [5, 5.41) is 39.4. The Morgan fingerprint density at radius 2 is 1.76 bits per heavy atom. The van der Waals surface area contributed by atoms with Gasteiger partial charge in [0, 0.05) is 38.9 Å². The lowest BCUT2D eigenvalue weighted by atomic mass is 9.95. The molecule has 0 bridgehead atoms. The second kappa shape index (κ2) is 19.1. The summed E-state index contributed by atoms with van der Waals surface area (Å²) in [4.78, 5) is 35.9. The van der Waals surface area contributed by atoms with Crippen molar-refractivity contribution in [2.75, 3.05) is 26.2 Å². The molecule has 3 aromatic rings. The summed E-state index contributed by atoms with van der Waals surface area (Å²) < 4.78 is 29.7. The van der Waals surface area contributed by atoms with E-state index in [-0.39, 0.29) is 48.8 Å². The highest BCUT2D eigenvalue weighted by atomic mass is 32.2. The first-order valence-electron chi connectivity index (χ1n) is 18.9. The number of aliphatic hydroxyl groups is 1. The Balaban J connectivity index is 1.39. The number of benzene rings is 2. The van der Waals surface area contributed by atoms with E-state index >= 15 is 0 Å². The van der Waals surface area contributed by atoms with Gasteiger partial charge in [0.05, 0.1) is 28.9 Å². The molecule has 4 atom stereocenters. The third kappa shape index (κ3) is 10.5. The molecule has 0 radical (unpaired) electrons. The molecule has 2 heterocycles. The van der Waals surface area contributed by atoms with Crippen LogP contribution in [0, 0.1) is 11.8 Å². The van der Waals surface area contributed by atoms with Gasteiger partial charge < -0.3 is 30.6 Å². The molecule has 2 aliphatic rings. The number of carbonyl (C=O) groups excluding carboxylic acids is 2. The van der Waals surface area contributed by atoms with E-state index in [1.54, 1.807) is 47.2 Å². The Hall–Kier alpha value is -4.86. The Labute approximate surface area is 323 Å². The molecule has 15 heteroatoms. The number of rotatable bonds is 18. The smallest absolute Gasteiger partial charge is 0.321 e. The number of nitrogens with one attached hydrogen (secondary N) is 1. The molecule has 55 heavy (non-hydrogen) atoms. The van der Waals surface area contributed by atoms with E-state index in [4.69, 9.17) is 5.21 Å². The van der Waals surface area contributed by atoms with Crippen LogP contribution in [0.4, 0.5) is 4.79 Å². The van der Waals surface area contributed by atoms with Gasteiger partial charge in [0.2, 0.25) is 15.9 Å². The van der Waals surface area contributed by atoms with Crippen LogP contribution in [0.1, 0.15) is 75.3 Å². The molecular formula is C40H53N7O7S. The van der Waals surface area contributed by atoms with Crippen LogP contribution < -0.4 is 5.32 Å². The topological polar surface area (TPSA) is 188 Å². The fourth-order valence-electron chi connectivity index (χ4n) is 7.43. The van der Waals surface area contributed by atoms with E-state index in [9.17, 15) is 28.3 Å². The maximum Gasteiger partial charge on any atom is 0.321 e. The van der Waals surface area contributed by atoms with Crippen LogP contribution in [0.2, 0.25) is 0 Å². The molecule has 296 valence electrons. The van der Waals surface area contributed by atoms with Crippen molar-refractivity contribution in [1.29, 1.82) is 0 Å². The quantitative estimate of drug-likeness (QED) is 0.0813. The zero-order valence-electron chi connectivity index (χ0n) is 31.7. The van der Waals surface area contributed by atoms with Gasteiger partial charge in [-0.25, -0.2) is 13.2 Å². The van der Waals surface area contributed by atoms with Gasteiger partial charge in [0.25, 0.3) is 0 Å². The zero-order chi connectivity index (χ0) is 39.5. The van der Waals surface area contributed by atoms with Gasteiger partial charge in [-0.15, -0.1) is 0 Å². The zero-order valence-corrected chi connectivity index (χ0v) is 32.6. The minimum atomic E-state index is -4.07. The average molecular weight is 776 g/mol. The van der Waals surface area contributed by atoms with Crippen LogP contribution in [-0.2, 0) is 27.8 Å². The number of amides is 3. The number of carbonyl (C=O) groups is 2. The van der Waals surface area contributed by atoms with Crippen molar-refractivity contribution < 1.29 is 33.5 Å². The highest BCUT2D eigenvalue weighted by molar-refractivity contribution is 7.89. The van der Waals surface area contributed by atoms with Gasteiger partial charge >= 0.3 is 6.03 Å². The SMILES string of the molecule is CC[C@H](C)[C@@H](C(=O)N[C@@H](Cc1ccccc1)[C@H](O)CN(CC1CCCC1)S(=O)(=O)c1ccc(C=NO)cc1)N1CCN(Cc2ccnc(C(C)=NO)c2)C1=O. The lowest BCUT2D eigenvalue weighted by Crippen LogP contribution is -2.57. The van der Waals surface area contributed by atoms with Crippen molar-refractivity contribution in [1.82, 2.24) is 24.4 Å². The molecule has 3 amide bonds. The first kappa shape index (κ1) is 41.3. The lowest BCUT2D eigenvalue weighted by molar-refractivity contribution is -0.128. The Morgan fingerprint density at radius 3 is 2.42 bits per heavy atom. The Bertz CT molecular complexity index is 1900. The number of aromatic nitrogens is 1. The van der Waals surface area contributed by atoms with E-state index in [0.29, 0.717) is 36.5 Å². The number of nitrogens with zero attached hydrogens (tertiary/aromatic N) is 6. The van der Waals surface area contributed by atoms with Crippen molar-refractivity contribution in [2.24, 2.45) is 22.1 Å². The van der Waals surface area contributed by atoms with E-state index < -0.39 is 34.1 Å². The van der Waals surface area contributed by atoms with E-state index in [1.165, 1.54) is 22.7 Å². The van der Waals surface area contributed by atoms with Crippen molar-refractivity contribution in [3.05, 3.63) is 95.3 Å². The van der Waals surface area contributed by atoms with Crippen LogP contribution in [0.25, 0.3) is 0 Å². The first-order chi connectivity index (χ1) is 26.4. The van der Waals surface area contributed by atoms with Gasteiger partial charge in [-0.05, 0) is 79.0 Å². The van der Waals surface area contributed by atoms with E-state index in [0.717, 1.165) is 36.8 Å². The second-order valence-electron chi connectivity index (χ2n) is 14.6. The van der Waals surface area contributed by atoms with Crippen LogP contribution in [0.15, 0.2) is 88.1 Å². The van der Waals surface area contributed by atoms with Gasteiger partial charge in [-0.1, -0.05) is 85.9 Å². The molecule has 1 aromatic heterocycles. The van der Waals surface area contributed by atoms with Crippen molar-refractivity contribution >= 4 is 33.9 Å². The van der Waals surface area contributed by atoms with Gasteiger partial charge in [-0.2, -0.15) is 4.31 Å². The first-order valence-corrected chi connectivity index (χ1v) is 20.4. The number of hydrogen-bond acceptors (Lipinski definition) is 10. The van der Waals surface area contributed by atoms with E-state index in [1.807, 2.05) is 44.2 Å². The number of urea groups is 1. The molecule has 5 rings (SSSR count). The highest BCUT2D eigenvalue weighted by Gasteiger charge is 2.41. The predicted molar refractivity (Wildman–Crippen MR) is 209 cm³/mol. The third-order valence-electron chi connectivity index (χ3n) is 10.8. The molecule has 1 saturated carbocycles. The molecule has 1 saturated heterocycles. The van der Waals surface area contributed by atoms with Gasteiger partial charge in [0.15, 0.2) is 0 Å². The summed E-state index contributed by atoms with van der Waals surface area (Å²) in [6.45, 7) is 6.46. The Kier molecular flexibility index (Phi) is 14.4. The summed E-state index contributed by atoms with van der Waals surface area (Å²) in [6.07, 6.45) is 6.13. The standard InChI is InChI=1S/C40H53N7O7S/c1-4-28(2)38(47-21-20-45(40(47)50)25-33-18-19-41-35(23-33)29(3)44-52)39(49)43-36(22-30-10-6-5-7-11-30)37(48)27-46(26-32-12-8-9-13-32)55(53,54)34-16-14-31(15-17-34)24-42-51/h5-7,10-11,14-19,23-24,28,32,36-38,48,51-52H,4,8-9,12-13,20-22,25-27H2,1-3H3,(H,43,49)/t28-,36-,37+,38-/m0/s1. The van der Waals surface area contributed by atoms with Crippen molar-refractivity contribution in [2.45, 2.75) is 88.9 Å². The van der Waals surface area contributed by atoms with Gasteiger partial charge in [-0.3, -0.25) is 9.78 Å². The van der Waals surface area contributed by atoms with Crippen LogP contribution in [-0.4, -0.2) is 111 Å². The fourth-order valence-corrected chi connectivity index (χ4v) is 8.96.